The summed E-state index contributed by atoms with van der Waals surface area (Å²) in [4.78, 5) is 7.36. The number of nitrogens with zero attached hydrogens (tertiary/aromatic N) is 2. The number of hydrogen-bond donors (Lipinski definition) is 0. The maximum atomic E-state index is 5.46. The predicted octanol–water partition coefficient (Wildman–Crippen LogP) is 4.65. The molecule has 1 aliphatic rings. The van der Waals surface area contributed by atoms with Gasteiger partial charge >= 0.3 is 0 Å². The second-order valence-corrected chi connectivity index (χ2v) is 7.03. The van der Waals surface area contributed by atoms with Gasteiger partial charge in [-0.2, -0.15) is 0 Å². The molecule has 1 heterocycles. The molecule has 0 aliphatic carbocycles. The van der Waals surface area contributed by atoms with E-state index in [0.717, 1.165) is 37.7 Å². The molecular weight excluding hydrogens is 332 g/mol. The minimum atomic E-state index is 0.888. The third-order valence-electron chi connectivity index (χ3n) is 4.67. The summed E-state index contributed by atoms with van der Waals surface area (Å²) >= 11 is 1.80. The zero-order chi connectivity index (χ0) is 17.8. The maximum Gasteiger partial charge on any atom is 0.121 e. The van der Waals surface area contributed by atoms with Crippen molar-refractivity contribution in [1.82, 2.24) is 4.90 Å². The summed E-state index contributed by atoms with van der Waals surface area (Å²) in [5, 5.41) is 0. The molecule has 0 saturated carbocycles. The first-order chi connectivity index (χ1) is 12.2. The molecule has 0 atom stereocenters. The van der Waals surface area contributed by atoms with Crippen molar-refractivity contribution in [1.29, 1.82) is 0 Å². The number of rotatable bonds is 7. The van der Waals surface area contributed by atoms with Gasteiger partial charge in [0.05, 0.1) is 25.6 Å². The largest absolute Gasteiger partial charge is 0.497 e. The molecule has 0 fully saturated rings. The minimum absolute atomic E-state index is 0.888. The Bertz CT molecular complexity index is 678. The summed E-state index contributed by atoms with van der Waals surface area (Å²) in [5.41, 5.74) is 2.41. The second-order valence-electron chi connectivity index (χ2n) is 5.95. The van der Waals surface area contributed by atoms with Crippen LogP contribution < -0.4 is 14.4 Å². The van der Waals surface area contributed by atoms with Gasteiger partial charge in [-0.3, -0.25) is 0 Å². The van der Waals surface area contributed by atoms with E-state index in [9.17, 15) is 0 Å². The van der Waals surface area contributed by atoms with E-state index in [4.69, 9.17) is 9.47 Å². The van der Waals surface area contributed by atoms with E-state index in [-0.39, 0.29) is 0 Å². The number of anilines is 2. The van der Waals surface area contributed by atoms with Crippen LogP contribution in [0.1, 0.15) is 13.8 Å². The molecule has 0 radical (unpaired) electrons. The van der Waals surface area contributed by atoms with Gasteiger partial charge in [0, 0.05) is 35.0 Å². The Morgan fingerprint density at radius 2 is 1.40 bits per heavy atom. The van der Waals surface area contributed by atoms with Gasteiger partial charge < -0.3 is 19.3 Å². The Labute approximate surface area is 154 Å². The number of likely N-dealkylation sites (N-methyl/N-ethyl adjacent to an activating group) is 1. The molecule has 0 unspecified atom stereocenters. The summed E-state index contributed by atoms with van der Waals surface area (Å²) in [5.74, 6) is 1.78. The fourth-order valence-corrected chi connectivity index (χ4v) is 4.17. The smallest absolute Gasteiger partial charge is 0.121 e. The highest BCUT2D eigenvalue weighted by atomic mass is 32.2. The number of hydrogen-bond acceptors (Lipinski definition) is 5. The average molecular weight is 359 g/mol. The van der Waals surface area contributed by atoms with Gasteiger partial charge in [-0.05, 0) is 37.4 Å². The van der Waals surface area contributed by atoms with Crippen molar-refractivity contribution < 1.29 is 9.47 Å². The molecule has 2 aromatic carbocycles. The highest BCUT2D eigenvalue weighted by Crippen LogP contribution is 2.49. The van der Waals surface area contributed by atoms with Gasteiger partial charge in [-0.15, -0.1) is 0 Å². The molecule has 3 rings (SSSR count). The molecule has 0 saturated heterocycles. The fraction of sp³-hybridized carbons (Fsp3) is 0.400. The molecule has 2 aromatic rings. The molecule has 134 valence electrons. The van der Waals surface area contributed by atoms with Crippen LogP contribution in [0.5, 0.6) is 11.5 Å². The van der Waals surface area contributed by atoms with E-state index in [1.54, 1.807) is 26.0 Å². The van der Waals surface area contributed by atoms with E-state index in [1.807, 2.05) is 12.1 Å². The van der Waals surface area contributed by atoms with E-state index >= 15 is 0 Å². The summed E-state index contributed by atoms with van der Waals surface area (Å²) in [6.07, 6.45) is 0. The Morgan fingerprint density at radius 3 is 1.84 bits per heavy atom. The highest BCUT2D eigenvalue weighted by molar-refractivity contribution is 7.99. The lowest BCUT2D eigenvalue weighted by Crippen LogP contribution is -2.33. The summed E-state index contributed by atoms with van der Waals surface area (Å²) in [6, 6.07) is 12.6. The monoisotopic (exact) mass is 358 g/mol. The Morgan fingerprint density at radius 1 is 0.880 bits per heavy atom. The van der Waals surface area contributed by atoms with Crippen LogP contribution in [-0.2, 0) is 0 Å². The van der Waals surface area contributed by atoms with Gasteiger partial charge in [0.1, 0.15) is 11.5 Å². The summed E-state index contributed by atoms with van der Waals surface area (Å²) in [7, 11) is 3.43. The Balaban J connectivity index is 2.00. The summed E-state index contributed by atoms with van der Waals surface area (Å²) < 4.78 is 10.9. The van der Waals surface area contributed by atoms with Gasteiger partial charge in [0.15, 0.2) is 0 Å². The first-order valence-corrected chi connectivity index (χ1v) is 9.55. The van der Waals surface area contributed by atoms with Crippen LogP contribution in [0.15, 0.2) is 46.2 Å². The first-order valence-electron chi connectivity index (χ1n) is 8.74. The van der Waals surface area contributed by atoms with Gasteiger partial charge in [0.25, 0.3) is 0 Å². The lowest BCUT2D eigenvalue weighted by molar-refractivity contribution is 0.312. The molecule has 1 aliphatic heterocycles. The number of methoxy groups -OCH3 is 2. The molecule has 0 amide bonds. The molecule has 0 bridgehead atoms. The van der Waals surface area contributed by atoms with Crippen LogP contribution in [0.2, 0.25) is 0 Å². The number of ether oxygens (including phenoxy) is 2. The van der Waals surface area contributed by atoms with Crippen molar-refractivity contribution in [2.45, 2.75) is 23.6 Å². The van der Waals surface area contributed by atoms with E-state index < -0.39 is 0 Å². The Hall–Kier alpha value is -1.85. The molecular formula is C20H26N2O2S. The van der Waals surface area contributed by atoms with Gasteiger partial charge in [-0.1, -0.05) is 25.6 Å². The van der Waals surface area contributed by atoms with Crippen LogP contribution in [0.4, 0.5) is 11.4 Å². The molecule has 0 N–H and O–H groups in total. The molecule has 0 aromatic heterocycles. The van der Waals surface area contributed by atoms with Crippen LogP contribution in [0.25, 0.3) is 0 Å². The standard InChI is InChI=1S/C20H26N2O2S/c1-5-21(6-2)11-12-22-17-13-15(23-3)7-9-19(17)25-20-10-8-16(24-4)14-18(20)22/h7-10,13-14H,5-6,11-12H2,1-4H3. The number of fused-ring (bicyclic) bond motifs is 2. The summed E-state index contributed by atoms with van der Waals surface area (Å²) in [6.45, 7) is 8.50. The van der Waals surface area contributed by atoms with Crippen molar-refractivity contribution in [3.05, 3.63) is 36.4 Å². The van der Waals surface area contributed by atoms with Gasteiger partial charge in [0.2, 0.25) is 0 Å². The zero-order valence-corrected chi connectivity index (χ0v) is 16.2. The Kier molecular flexibility index (Phi) is 5.76. The second kappa shape index (κ2) is 8.02. The van der Waals surface area contributed by atoms with Crippen molar-refractivity contribution >= 4 is 23.1 Å². The SMILES string of the molecule is CCN(CC)CCN1c2cc(OC)ccc2Sc2ccc(OC)cc21. The van der Waals surface area contributed by atoms with E-state index in [0.29, 0.717) is 0 Å². The van der Waals surface area contributed by atoms with Crippen LogP contribution in [0, 0.1) is 0 Å². The quantitative estimate of drug-likeness (QED) is 0.717. The minimum Gasteiger partial charge on any atom is -0.497 e. The first kappa shape index (κ1) is 18.0. The van der Waals surface area contributed by atoms with E-state index in [1.165, 1.54) is 21.2 Å². The molecule has 5 heteroatoms. The highest BCUT2D eigenvalue weighted by Gasteiger charge is 2.24. The van der Waals surface area contributed by atoms with Crippen molar-refractivity contribution in [3.8, 4) is 11.5 Å². The van der Waals surface area contributed by atoms with Crippen molar-refractivity contribution in [3.63, 3.8) is 0 Å². The van der Waals surface area contributed by atoms with E-state index in [2.05, 4.69) is 47.9 Å². The van der Waals surface area contributed by atoms with Crippen molar-refractivity contribution in [2.75, 3.05) is 45.3 Å². The zero-order valence-electron chi connectivity index (χ0n) is 15.4. The van der Waals surface area contributed by atoms with Gasteiger partial charge in [-0.25, -0.2) is 0 Å². The maximum absolute atomic E-state index is 5.46. The van der Waals surface area contributed by atoms with Crippen molar-refractivity contribution in [2.24, 2.45) is 0 Å². The third-order valence-corrected chi connectivity index (χ3v) is 5.80. The third kappa shape index (κ3) is 3.72. The molecule has 25 heavy (non-hydrogen) atoms. The lowest BCUT2D eigenvalue weighted by atomic mass is 10.2. The average Bonchev–Trinajstić information content (AvgIpc) is 2.67. The molecule has 0 spiro atoms. The van der Waals surface area contributed by atoms with Crippen LogP contribution >= 0.6 is 11.8 Å². The van der Waals surface area contributed by atoms with Crippen LogP contribution in [0.3, 0.4) is 0 Å². The fourth-order valence-electron chi connectivity index (χ4n) is 3.11. The lowest BCUT2D eigenvalue weighted by Gasteiger charge is -2.34. The molecule has 4 nitrogen and oxygen atoms in total. The number of benzene rings is 2. The topological polar surface area (TPSA) is 24.9 Å². The normalized spacial score (nSPS) is 12.8. The van der Waals surface area contributed by atoms with Crippen LogP contribution in [-0.4, -0.2) is 45.3 Å². The predicted molar refractivity (Wildman–Crippen MR) is 105 cm³/mol.